The molecule has 0 saturated heterocycles. The maximum atomic E-state index is 12.3. The van der Waals surface area contributed by atoms with Crippen molar-refractivity contribution >= 4 is 58.0 Å². The zero-order valence-electron chi connectivity index (χ0n) is 21.8. The molecule has 2 aliphatic rings. The van der Waals surface area contributed by atoms with Crippen LogP contribution in [0.25, 0.3) is 68.6 Å². The lowest BCUT2D eigenvalue weighted by molar-refractivity contribution is -0.114. The molecule has 0 spiro atoms. The number of nitrogens with zero attached hydrogens (tertiary/aromatic N) is 2. The van der Waals surface area contributed by atoms with Crippen molar-refractivity contribution in [3.8, 4) is 22.3 Å². The number of anilines is 1. The predicted octanol–water partition coefficient (Wildman–Crippen LogP) is 7.95. The van der Waals surface area contributed by atoms with Gasteiger partial charge in [0.25, 0.3) is 0 Å². The van der Waals surface area contributed by atoms with Crippen LogP contribution in [0.1, 0.15) is 29.7 Å². The van der Waals surface area contributed by atoms with Crippen LogP contribution >= 0.6 is 0 Å². The lowest BCUT2D eigenvalue weighted by Gasteiger charge is -2.05. The number of fused-ring (bicyclic) bond motifs is 8. The maximum Gasteiger partial charge on any atom is 0.221 e. The summed E-state index contributed by atoms with van der Waals surface area (Å²) >= 11 is 0. The van der Waals surface area contributed by atoms with E-state index in [1.807, 2.05) is 72.8 Å². The summed E-state index contributed by atoms with van der Waals surface area (Å²) in [6.07, 6.45) is 8.02. The largest absolute Gasteiger partial charge is 0.355 e. The number of hydrogen-bond donors (Lipinski definition) is 3. The first-order valence-corrected chi connectivity index (χ1v) is 13.1. The van der Waals surface area contributed by atoms with Crippen LogP contribution in [0.4, 0.5) is 5.69 Å². The fourth-order valence-corrected chi connectivity index (χ4v) is 5.26. The Morgan fingerprint density at radius 3 is 1.90 bits per heavy atom. The maximum absolute atomic E-state index is 12.3. The monoisotopic (exact) mass is 519 g/mol. The fraction of sp³-hybridized carbons (Fsp3) is 0.0294. The molecule has 1 amide bonds. The third kappa shape index (κ3) is 4.31. The number of carbonyl (C=O) groups excluding carboxylic acids is 1. The van der Waals surface area contributed by atoms with Crippen molar-refractivity contribution in [1.29, 1.82) is 0 Å². The Labute approximate surface area is 230 Å². The van der Waals surface area contributed by atoms with Gasteiger partial charge in [-0.1, -0.05) is 60.7 Å². The average molecular weight is 520 g/mol. The van der Waals surface area contributed by atoms with Crippen molar-refractivity contribution in [3.05, 3.63) is 114 Å². The highest BCUT2D eigenvalue weighted by Gasteiger charge is 2.16. The first-order valence-electron chi connectivity index (χ1n) is 13.1. The molecule has 6 heteroatoms. The summed E-state index contributed by atoms with van der Waals surface area (Å²) in [4.78, 5) is 29.5. The van der Waals surface area contributed by atoms with Gasteiger partial charge in [-0.25, -0.2) is 9.97 Å². The van der Waals surface area contributed by atoms with Gasteiger partial charge in [0, 0.05) is 34.6 Å². The van der Waals surface area contributed by atoms with Crippen LogP contribution in [0, 0.1) is 0 Å². The summed E-state index contributed by atoms with van der Waals surface area (Å²) in [5.74, 6) is -0.170. The highest BCUT2D eigenvalue weighted by Crippen LogP contribution is 2.34. The normalized spacial score (nSPS) is 12.0. The van der Waals surface area contributed by atoms with Crippen molar-refractivity contribution in [2.24, 2.45) is 0 Å². The van der Waals surface area contributed by atoms with E-state index >= 15 is 0 Å². The van der Waals surface area contributed by atoms with Crippen molar-refractivity contribution in [3.63, 3.8) is 0 Å². The number of carbonyl (C=O) groups is 1. The molecule has 6 nitrogen and oxygen atoms in total. The second-order valence-corrected chi connectivity index (χ2v) is 9.77. The van der Waals surface area contributed by atoms with E-state index in [0.717, 1.165) is 61.4 Å². The molecule has 0 unspecified atom stereocenters. The standard InChI is InChI=1S/C34H25N5O/c1-21(40)35-34-30-18-16-28(38-30)32(22-8-4-2-5-9-22)26-14-12-24(36-26)20-25-13-15-27(37-25)33(23-10-6-3-7-11-23)29-17-19-31(34)39-29/h2-20,36,39H,1H3,(H,35,40). The summed E-state index contributed by atoms with van der Waals surface area (Å²) in [7, 11) is 0. The lowest BCUT2D eigenvalue weighted by atomic mass is 10.0. The minimum atomic E-state index is -0.170. The molecule has 3 aromatic heterocycles. The summed E-state index contributed by atoms with van der Waals surface area (Å²) in [5.41, 5.74) is 11.4. The third-order valence-corrected chi connectivity index (χ3v) is 7.00. The molecule has 5 heterocycles. The number of benzene rings is 2. The highest BCUT2D eigenvalue weighted by molar-refractivity contribution is 6.00. The van der Waals surface area contributed by atoms with Gasteiger partial charge in [0.1, 0.15) is 0 Å². The van der Waals surface area contributed by atoms with Crippen molar-refractivity contribution in [2.45, 2.75) is 6.92 Å². The van der Waals surface area contributed by atoms with E-state index in [0.29, 0.717) is 11.4 Å². The minimum absolute atomic E-state index is 0.170. The molecule has 2 aromatic carbocycles. The van der Waals surface area contributed by atoms with Crippen LogP contribution in [-0.2, 0) is 4.79 Å². The van der Waals surface area contributed by atoms with Crippen LogP contribution in [0.5, 0.6) is 0 Å². The van der Waals surface area contributed by atoms with E-state index in [1.54, 1.807) is 0 Å². The number of rotatable bonds is 3. The average Bonchev–Trinajstić information content (AvgIpc) is 3.78. The van der Waals surface area contributed by atoms with Gasteiger partial charge >= 0.3 is 0 Å². The topological polar surface area (TPSA) is 86.5 Å². The van der Waals surface area contributed by atoms with Gasteiger partial charge in [0.2, 0.25) is 5.91 Å². The van der Waals surface area contributed by atoms with E-state index < -0.39 is 0 Å². The lowest BCUT2D eigenvalue weighted by Crippen LogP contribution is -2.07. The molecule has 8 bridgehead atoms. The molecule has 3 N–H and O–H groups in total. The second kappa shape index (κ2) is 9.67. The molecule has 2 aliphatic heterocycles. The highest BCUT2D eigenvalue weighted by atomic mass is 16.1. The number of nitrogens with one attached hydrogen (secondary N) is 3. The van der Waals surface area contributed by atoms with E-state index in [9.17, 15) is 4.79 Å². The van der Waals surface area contributed by atoms with Crippen molar-refractivity contribution < 1.29 is 4.79 Å². The number of amides is 1. The predicted molar refractivity (Wildman–Crippen MR) is 164 cm³/mol. The molecule has 0 fully saturated rings. The van der Waals surface area contributed by atoms with E-state index in [1.165, 1.54) is 6.92 Å². The van der Waals surface area contributed by atoms with Gasteiger partial charge in [-0.2, -0.15) is 0 Å². The van der Waals surface area contributed by atoms with Gasteiger partial charge in [0.05, 0.1) is 34.0 Å². The van der Waals surface area contributed by atoms with Crippen molar-refractivity contribution in [2.75, 3.05) is 5.32 Å². The Kier molecular flexibility index (Phi) is 5.71. The van der Waals surface area contributed by atoms with E-state index in [-0.39, 0.29) is 5.91 Å². The van der Waals surface area contributed by atoms with Gasteiger partial charge in [-0.3, -0.25) is 4.79 Å². The number of hydrogen-bond acceptors (Lipinski definition) is 3. The Morgan fingerprint density at radius 1 is 0.625 bits per heavy atom. The second-order valence-electron chi connectivity index (χ2n) is 9.77. The molecule has 192 valence electrons. The quantitative estimate of drug-likeness (QED) is 0.221. The number of aromatic nitrogens is 4. The number of aromatic amines is 2. The summed E-state index contributed by atoms with van der Waals surface area (Å²) in [5, 5.41) is 3.02. The summed E-state index contributed by atoms with van der Waals surface area (Å²) in [6.45, 7) is 1.51. The van der Waals surface area contributed by atoms with Crippen LogP contribution < -0.4 is 5.32 Å². The smallest absolute Gasteiger partial charge is 0.221 e. The Hall–Kier alpha value is -5.49. The minimum Gasteiger partial charge on any atom is -0.355 e. The molecular formula is C34H25N5O. The first kappa shape index (κ1) is 23.6. The molecule has 0 atom stereocenters. The summed E-state index contributed by atoms with van der Waals surface area (Å²) < 4.78 is 0. The van der Waals surface area contributed by atoms with E-state index in [4.69, 9.17) is 9.97 Å². The molecule has 0 saturated carbocycles. The molecule has 0 aliphatic carbocycles. The first-order chi connectivity index (χ1) is 19.6. The molecule has 7 rings (SSSR count). The zero-order chi connectivity index (χ0) is 27.1. The molecular weight excluding hydrogens is 494 g/mol. The van der Waals surface area contributed by atoms with Gasteiger partial charge < -0.3 is 15.3 Å². The SMILES string of the molecule is CC(=O)Nc1c2nc(c(-c3ccccc3)c3ccc(cc4nc(c(-c5ccccc5)c5ccc1[nH]5)C=C4)[nH]3)C=C2. The van der Waals surface area contributed by atoms with Crippen LogP contribution in [0.3, 0.4) is 0 Å². The van der Waals surface area contributed by atoms with Crippen LogP contribution in [-0.4, -0.2) is 25.8 Å². The fourth-order valence-electron chi connectivity index (χ4n) is 5.26. The molecule has 40 heavy (non-hydrogen) atoms. The Morgan fingerprint density at radius 2 is 1.20 bits per heavy atom. The Balaban J connectivity index is 1.63. The zero-order valence-corrected chi connectivity index (χ0v) is 21.8. The third-order valence-electron chi connectivity index (χ3n) is 7.00. The summed E-state index contributed by atoms with van der Waals surface area (Å²) in [6, 6.07) is 30.6. The Bertz CT molecular complexity index is 1960. The van der Waals surface area contributed by atoms with Crippen molar-refractivity contribution in [1.82, 2.24) is 19.9 Å². The van der Waals surface area contributed by atoms with E-state index in [2.05, 4.69) is 57.7 Å². The molecule has 0 radical (unpaired) electrons. The van der Waals surface area contributed by atoms with Gasteiger partial charge in [0.15, 0.2) is 0 Å². The van der Waals surface area contributed by atoms with Crippen LogP contribution in [0.2, 0.25) is 0 Å². The van der Waals surface area contributed by atoms with Gasteiger partial charge in [-0.05, 0) is 65.8 Å². The molecule has 5 aromatic rings. The number of H-pyrrole nitrogens is 2. The van der Waals surface area contributed by atoms with Gasteiger partial charge in [-0.15, -0.1) is 0 Å². The van der Waals surface area contributed by atoms with Crippen LogP contribution in [0.15, 0.2) is 91.0 Å².